The maximum absolute atomic E-state index is 14.1. The lowest BCUT2D eigenvalue weighted by molar-refractivity contribution is -0.140. The summed E-state index contributed by atoms with van der Waals surface area (Å²) in [5.41, 5.74) is -0.115. The Kier molecular flexibility index (Phi) is 10.6. The Balaban J connectivity index is 2.14. The lowest BCUT2D eigenvalue weighted by Gasteiger charge is -2.34. The topological polar surface area (TPSA) is 96.0 Å². The Bertz CT molecular complexity index is 1490. The number of sulfonamides is 1. The molecular weight excluding hydrogens is 609 g/mol. The number of amides is 2. The third-order valence-electron chi connectivity index (χ3n) is 6.08. The minimum absolute atomic E-state index is 0.0472. The third kappa shape index (κ3) is 8.07. The molecule has 41 heavy (non-hydrogen) atoms. The highest BCUT2D eigenvalue weighted by Gasteiger charge is 2.35. The molecule has 0 fully saturated rings. The van der Waals surface area contributed by atoms with E-state index in [1.165, 1.54) is 36.3 Å². The molecule has 0 spiro atoms. The first-order valence-electron chi connectivity index (χ1n) is 12.6. The van der Waals surface area contributed by atoms with E-state index < -0.39 is 40.0 Å². The average Bonchev–Trinajstić information content (AvgIpc) is 2.90. The van der Waals surface area contributed by atoms with Crippen molar-refractivity contribution in [2.24, 2.45) is 0 Å². The van der Waals surface area contributed by atoms with Gasteiger partial charge in [0.05, 0.1) is 17.7 Å². The van der Waals surface area contributed by atoms with Gasteiger partial charge in [-0.15, -0.1) is 0 Å². The van der Waals surface area contributed by atoms with Crippen molar-refractivity contribution < 1.29 is 22.7 Å². The summed E-state index contributed by atoms with van der Waals surface area (Å²) in [4.78, 5) is 28.6. The first-order chi connectivity index (χ1) is 19.2. The van der Waals surface area contributed by atoms with Crippen molar-refractivity contribution >= 4 is 62.3 Å². The molecular formula is C29H32Cl3N3O5S. The van der Waals surface area contributed by atoms with Crippen molar-refractivity contribution in [3.05, 3.63) is 87.4 Å². The monoisotopic (exact) mass is 639 g/mol. The zero-order valence-corrected chi connectivity index (χ0v) is 26.4. The minimum atomic E-state index is -4.30. The summed E-state index contributed by atoms with van der Waals surface area (Å²) in [5.74, 6) is -0.938. The Labute approximate surface area is 256 Å². The summed E-state index contributed by atoms with van der Waals surface area (Å²) in [7, 11) is -2.92. The second-order valence-corrected chi connectivity index (χ2v) is 13.4. The maximum atomic E-state index is 14.1. The number of ether oxygens (including phenoxy) is 1. The highest BCUT2D eigenvalue weighted by Crippen LogP contribution is 2.35. The first-order valence-corrected chi connectivity index (χ1v) is 15.2. The largest absolute Gasteiger partial charge is 0.495 e. The van der Waals surface area contributed by atoms with Crippen LogP contribution in [0.15, 0.2) is 71.6 Å². The summed E-state index contributed by atoms with van der Waals surface area (Å²) in [6.45, 7) is 6.17. The zero-order valence-electron chi connectivity index (χ0n) is 23.3. The molecule has 0 bridgehead atoms. The van der Waals surface area contributed by atoms with Crippen molar-refractivity contribution in [2.75, 3.05) is 18.0 Å². The summed E-state index contributed by atoms with van der Waals surface area (Å²) < 4.78 is 34.3. The number of nitrogens with one attached hydrogen (secondary N) is 1. The van der Waals surface area contributed by atoms with Gasteiger partial charge in [-0.05, 0) is 70.2 Å². The summed E-state index contributed by atoms with van der Waals surface area (Å²) in [5, 5.41) is 3.69. The van der Waals surface area contributed by atoms with Gasteiger partial charge in [-0.2, -0.15) is 0 Å². The van der Waals surface area contributed by atoms with Gasteiger partial charge in [0.1, 0.15) is 18.3 Å². The van der Waals surface area contributed by atoms with E-state index >= 15 is 0 Å². The van der Waals surface area contributed by atoms with Gasteiger partial charge in [0, 0.05) is 32.7 Å². The molecule has 0 radical (unpaired) electrons. The van der Waals surface area contributed by atoms with Crippen molar-refractivity contribution in [3.8, 4) is 5.75 Å². The number of carbonyl (C=O) groups excluding carboxylic acids is 2. The lowest BCUT2D eigenvalue weighted by Crippen LogP contribution is -2.54. The molecule has 3 aromatic carbocycles. The molecule has 220 valence electrons. The molecule has 2 amide bonds. The third-order valence-corrected chi connectivity index (χ3v) is 8.79. The van der Waals surface area contributed by atoms with Crippen molar-refractivity contribution in [2.45, 2.75) is 50.7 Å². The molecule has 0 saturated heterocycles. The summed E-state index contributed by atoms with van der Waals surface area (Å²) in [6, 6.07) is 16.0. The molecule has 1 unspecified atom stereocenters. The van der Waals surface area contributed by atoms with Crippen LogP contribution in [0.25, 0.3) is 0 Å². The van der Waals surface area contributed by atoms with E-state index in [2.05, 4.69) is 5.32 Å². The minimum Gasteiger partial charge on any atom is -0.495 e. The number of hydrogen-bond donors (Lipinski definition) is 1. The van der Waals surface area contributed by atoms with E-state index in [1.807, 2.05) is 20.8 Å². The number of halogens is 3. The molecule has 1 N–H and O–H groups in total. The van der Waals surface area contributed by atoms with Crippen molar-refractivity contribution in [3.63, 3.8) is 0 Å². The smallest absolute Gasteiger partial charge is 0.264 e. The number of nitrogens with zero attached hydrogens (tertiary/aromatic N) is 2. The highest BCUT2D eigenvalue weighted by molar-refractivity contribution is 7.92. The van der Waals surface area contributed by atoms with Crippen molar-refractivity contribution in [1.82, 2.24) is 10.2 Å². The van der Waals surface area contributed by atoms with Gasteiger partial charge < -0.3 is 15.0 Å². The molecule has 3 aromatic rings. The average molecular weight is 641 g/mol. The fraction of sp³-hybridized carbons (Fsp3) is 0.310. The fourth-order valence-corrected chi connectivity index (χ4v) is 6.12. The number of carbonyl (C=O) groups is 2. The lowest BCUT2D eigenvalue weighted by atomic mass is 10.1. The van der Waals surface area contributed by atoms with Gasteiger partial charge in [-0.25, -0.2) is 8.42 Å². The molecule has 0 saturated carbocycles. The van der Waals surface area contributed by atoms with E-state index in [1.54, 1.807) is 49.4 Å². The van der Waals surface area contributed by atoms with Crippen LogP contribution < -0.4 is 14.4 Å². The van der Waals surface area contributed by atoms with Gasteiger partial charge in [0.2, 0.25) is 11.8 Å². The van der Waals surface area contributed by atoms with Gasteiger partial charge in [-0.1, -0.05) is 59.1 Å². The number of rotatable bonds is 10. The van der Waals surface area contributed by atoms with Gasteiger partial charge in [-0.3, -0.25) is 13.9 Å². The molecule has 0 heterocycles. The van der Waals surface area contributed by atoms with E-state index in [-0.39, 0.29) is 27.9 Å². The van der Waals surface area contributed by atoms with E-state index in [0.717, 1.165) is 4.31 Å². The molecule has 3 rings (SSSR count). The van der Waals surface area contributed by atoms with E-state index in [9.17, 15) is 18.0 Å². The number of anilines is 1. The Morgan fingerprint density at radius 2 is 1.56 bits per heavy atom. The van der Waals surface area contributed by atoms with Crippen LogP contribution >= 0.6 is 34.8 Å². The highest BCUT2D eigenvalue weighted by atomic mass is 35.5. The summed E-state index contributed by atoms with van der Waals surface area (Å²) in [6.07, 6.45) is 0. The zero-order chi connectivity index (χ0) is 30.5. The van der Waals surface area contributed by atoms with Crippen LogP contribution in [-0.2, 0) is 26.2 Å². The van der Waals surface area contributed by atoms with Gasteiger partial charge in [0.25, 0.3) is 10.0 Å². The van der Waals surface area contributed by atoms with Gasteiger partial charge >= 0.3 is 0 Å². The normalized spacial score (nSPS) is 12.4. The second-order valence-electron chi connectivity index (χ2n) is 10.3. The van der Waals surface area contributed by atoms with Crippen molar-refractivity contribution in [1.29, 1.82) is 0 Å². The molecule has 0 aromatic heterocycles. The molecule has 0 aliphatic carbocycles. The Morgan fingerprint density at radius 3 is 2.12 bits per heavy atom. The van der Waals surface area contributed by atoms with Crippen LogP contribution in [0.2, 0.25) is 15.1 Å². The molecule has 0 aliphatic heterocycles. The van der Waals surface area contributed by atoms with Crippen LogP contribution in [0.5, 0.6) is 5.75 Å². The predicted octanol–water partition coefficient (Wildman–Crippen LogP) is 6.18. The number of methoxy groups -OCH3 is 1. The molecule has 8 nitrogen and oxygen atoms in total. The Morgan fingerprint density at radius 1 is 0.951 bits per heavy atom. The van der Waals surface area contributed by atoms with Crippen LogP contribution in [0.3, 0.4) is 0 Å². The first kappa shape index (κ1) is 32.5. The van der Waals surface area contributed by atoms with Crippen LogP contribution in [0.1, 0.15) is 33.3 Å². The molecule has 1 atom stereocenters. The van der Waals surface area contributed by atoms with Gasteiger partial charge in [0.15, 0.2) is 0 Å². The van der Waals surface area contributed by atoms with E-state index in [0.29, 0.717) is 15.6 Å². The second kappa shape index (κ2) is 13.3. The number of benzene rings is 3. The molecule has 12 heteroatoms. The summed E-state index contributed by atoms with van der Waals surface area (Å²) >= 11 is 19.1. The maximum Gasteiger partial charge on any atom is 0.264 e. The standard InChI is InChI=1S/C29H32Cl3N3O5S/c1-19(28(37)33-29(2,3)4)34(17-22-23(31)12-9-13-24(22)32)27(36)18-35(25-16-20(30)14-15-26(25)40-5)41(38,39)21-10-7-6-8-11-21/h6-16,19H,17-18H2,1-5H3,(H,33,37). The quantitative estimate of drug-likeness (QED) is 0.286. The molecule has 0 aliphatic rings. The van der Waals surface area contributed by atoms with Crippen LogP contribution in [0.4, 0.5) is 5.69 Å². The van der Waals surface area contributed by atoms with E-state index in [4.69, 9.17) is 39.5 Å². The van der Waals surface area contributed by atoms with Crippen LogP contribution in [-0.4, -0.2) is 50.4 Å². The fourth-order valence-electron chi connectivity index (χ4n) is 4.00. The number of hydrogen-bond acceptors (Lipinski definition) is 5. The van der Waals surface area contributed by atoms with Crippen LogP contribution in [0, 0.1) is 0 Å². The SMILES string of the molecule is COc1ccc(Cl)cc1N(CC(=O)N(Cc1c(Cl)cccc1Cl)C(C)C(=O)NC(C)(C)C)S(=O)(=O)c1ccccc1. The predicted molar refractivity (Wildman–Crippen MR) is 163 cm³/mol. The Hall–Kier alpha value is -2.98.